The number of para-hydroxylation sites is 1. The Balaban J connectivity index is 1.95. The summed E-state index contributed by atoms with van der Waals surface area (Å²) in [7, 11) is 0. The van der Waals surface area contributed by atoms with Gasteiger partial charge in [0.25, 0.3) is 0 Å². The van der Waals surface area contributed by atoms with Crippen LogP contribution < -0.4 is 19.7 Å². The third kappa shape index (κ3) is 2.01. The average molecular weight is 248 g/mol. The summed E-state index contributed by atoms with van der Waals surface area (Å²) in [5.74, 6) is 1.78. The smallest absolute Gasteiger partial charge is 0.184 e. The molecule has 98 valence electrons. The Morgan fingerprint density at radius 3 is 2.94 bits per heavy atom. The molecule has 2 unspecified atom stereocenters. The van der Waals surface area contributed by atoms with Crippen LogP contribution in [0.5, 0.6) is 11.5 Å². The van der Waals surface area contributed by atoms with Gasteiger partial charge in [-0.3, -0.25) is 0 Å². The highest BCUT2D eigenvalue weighted by Gasteiger charge is 2.27. The van der Waals surface area contributed by atoms with E-state index in [1.54, 1.807) is 0 Å². The van der Waals surface area contributed by atoms with Crippen LogP contribution in [0.4, 0.5) is 5.69 Å². The van der Waals surface area contributed by atoms with Gasteiger partial charge in [-0.25, -0.2) is 0 Å². The van der Waals surface area contributed by atoms with Crippen LogP contribution in [0.25, 0.3) is 0 Å². The van der Waals surface area contributed by atoms with Crippen LogP contribution >= 0.6 is 0 Å². The van der Waals surface area contributed by atoms with Crippen molar-refractivity contribution in [3.8, 4) is 11.5 Å². The number of nitrogens with one attached hydrogen (secondary N) is 1. The van der Waals surface area contributed by atoms with E-state index in [2.05, 4.69) is 30.1 Å². The first-order valence-electron chi connectivity index (χ1n) is 6.64. The summed E-state index contributed by atoms with van der Waals surface area (Å²) >= 11 is 0. The summed E-state index contributed by atoms with van der Waals surface area (Å²) in [6.07, 6.45) is 0. The highest BCUT2D eigenvalue weighted by Crippen LogP contribution is 2.40. The number of hydrogen-bond donors (Lipinski definition) is 1. The van der Waals surface area contributed by atoms with E-state index < -0.39 is 0 Å². The monoisotopic (exact) mass is 248 g/mol. The van der Waals surface area contributed by atoms with E-state index in [-0.39, 0.29) is 0 Å². The Bertz CT molecular complexity index is 436. The molecule has 4 nitrogen and oxygen atoms in total. The topological polar surface area (TPSA) is 33.7 Å². The van der Waals surface area contributed by atoms with Crippen LogP contribution in [-0.4, -0.2) is 38.4 Å². The lowest BCUT2D eigenvalue weighted by Gasteiger charge is -2.40. The number of hydrogen-bond acceptors (Lipinski definition) is 4. The van der Waals surface area contributed by atoms with Gasteiger partial charge in [-0.05, 0) is 26.0 Å². The number of piperazine rings is 1. The van der Waals surface area contributed by atoms with E-state index in [4.69, 9.17) is 9.47 Å². The number of fused-ring (bicyclic) bond motifs is 1. The lowest BCUT2D eigenvalue weighted by Crippen LogP contribution is -2.54. The largest absolute Gasteiger partial charge is 0.486 e. The third-order valence-corrected chi connectivity index (χ3v) is 3.62. The van der Waals surface area contributed by atoms with Crippen molar-refractivity contribution in [1.29, 1.82) is 0 Å². The molecule has 0 bridgehead atoms. The number of nitrogens with zero attached hydrogens (tertiary/aromatic N) is 1. The molecule has 0 aromatic heterocycles. The van der Waals surface area contributed by atoms with Crippen molar-refractivity contribution in [2.24, 2.45) is 0 Å². The van der Waals surface area contributed by atoms with Crippen molar-refractivity contribution in [3.05, 3.63) is 18.2 Å². The average Bonchev–Trinajstić information content (AvgIpc) is 2.41. The van der Waals surface area contributed by atoms with E-state index in [1.807, 2.05) is 12.1 Å². The number of rotatable bonds is 1. The summed E-state index contributed by atoms with van der Waals surface area (Å²) in [6, 6.07) is 7.12. The molecule has 2 atom stereocenters. The van der Waals surface area contributed by atoms with E-state index in [0.717, 1.165) is 30.3 Å². The van der Waals surface area contributed by atoms with Crippen LogP contribution in [0.1, 0.15) is 13.8 Å². The van der Waals surface area contributed by atoms with Gasteiger partial charge in [0.1, 0.15) is 13.2 Å². The van der Waals surface area contributed by atoms with Crippen LogP contribution in [0.3, 0.4) is 0 Å². The van der Waals surface area contributed by atoms with E-state index in [1.165, 1.54) is 0 Å². The van der Waals surface area contributed by atoms with Gasteiger partial charge >= 0.3 is 0 Å². The summed E-state index contributed by atoms with van der Waals surface area (Å²) in [6.45, 7) is 7.74. The fourth-order valence-corrected chi connectivity index (χ4v) is 2.64. The molecule has 1 aromatic rings. The van der Waals surface area contributed by atoms with Crippen molar-refractivity contribution in [3.63, 3.8) is 0 Å². The minimum Gasteiger partial charge on any atom is -0.486 e. The number of ether oxygens (including phenoxy) is 2. The fourth-order valence-electron chi connectivity index (χ4n) is 2.64. The molecule has 1 fully saturated rings. The third-order valence-electron chi connectivity index (χ3n) is 3.62. The molecule has 3 rings (SSSR count). The van der Waals surface area contributed by atoms with Gasteiger partial charge in [-0.1, -0.05) is 6.07 Å². The zero-order valence-electron chi connectivity index (χ0n) is 11.0. The second-order valence-electron chi connectivity index (χ2n) is 5.11. The van der Waals surface area contributed by atoms with Crippen LogP contribution in [-0.2, 0) is 0 Å². The van der Waals surface area contributed by atoms with Gasteiger partial charge < -0.3 is 19.7 Å². The Labute approximate surface area is 108 Å². The van der Waals surface area contributed by atoms with Gasteiger partial charge in [-0.15, -0.1) is 0 Å². The van der Waals surface area contributed by atoms with Crippen molar-refractivity contribution < 1.29 is 9.47 Å². The van der Waals surface area contributed by atoms with Crippen LogP contribution in [0.15, 0.2) is 18.2 Å². The minimum absolute atomic E-state index is 0.471. The van der Waals surface area contributed by atoms with E-state index >= 15 is 0 Å². The van der Waals surface area contributed by atoms with Crippen molar-refractivity contribution in [1.82, 2.24) is 5.32 Å². The molecule has 0 spiro atoms. The zero-order chi connectivity index (χ0) is 12.5. The maximum atomic E-state index is 5.80. The molecule has 2 heterocycles. The highest BCUT2D eigenvalue weighted by molar-refractivity contribution is 5.66. The van der Waals surface area contributed by atoms with Crippen LogP contribution in [0.2, 0.25) is 0 Å². The van der Waals surface area contributed by atoms with E-state index in [9.17, 15) is 0 Å². The maximum Gasteiger partial charge on any atom is 0.184 e. The lowest BCUT2D eigenvalue weighted by molar-refractivity contribution is 0.171. The quantitative estimate of drug-likeness (QED) is 0.819. The van der Waals surface area contributed by atoms with Gasteiger partial charge in [0.2, 0.25) is 0 Å². The van der Waals surface area contributed by atoms with Crippen molar-refractivity contribution in [2.45, 2.75) is 25.9 Å². The molecule has 0 saturated carbocycles. The lowest BCUT2D eigenvalue weighted by atomic mass is 10.1. The fraction of sp³-hybridized carbons (Fsp3) is 0.571. The van der Waals surface area contributed by atoms with Gasteiger partial charge in [0.15, 0.2) is 11.5 Å². The summed E-state index contributed by atoms with van der Waals surface area (Å²) < 4.78 is 11.5. The molecule has 1 N–H and O–H groups in total. The van der Waals surface area contributed by atoms with Crippen molar-refractivity contribution >= 4 is 5.69 Å². The first-order chi connectivity index (χ1) is 8.75. The molecular formula is C14H20N2O2. The normalized spacial score (nSPS) is 27.1. The first kappa shape index (κ1) is 11.7. The van der Waals surface area contributed by atoms with Gasteiger partial charge in [0, 0.05) is 25.2 Å². The molecule has 1 saturated heterocycles. The second kappa shape index (κ2) is 4.69. The molecule has 0 radical (unpaired) electrons. The van der Waals surface area contributed by atoms with Crippen LogP contribution in [0, 0.1) is 0 Å². The second-order valence-corrected chi connectivity index (χ2v) is 5.11. The maximum absolute atomic E-state index is 5.80. The molecule has 0 amide bonds. The Hall–Kier alpha value is -1.42. The molecule has 0 aliphatic carbocycles. The molecule has 18 heavy (non-hydrogen) atoms. The highest BCUT2D eigenvalue weighted by atomic mass is 16.6. The van der Waals surface area contributed by atoms with E-state index in [0.29, 0.717) is 25.3 Å². The summed E-state index contributed by atoms with van der Waals surface area (Å²) in [5.41, 5.74) is 1.16. The van der Waals surface area contributed by atoms with Gasteiger partial charge in [-0.2, -0.15) is 0 Å². The Morgan fingerprint density at radius 1 is 1.22 bits per heavy atom. The molecular weight excluding hydrogens is 228 g/mol. The molecule has 1 aromatic carbocycles. The van der Waals surface area contributed by atoms with Gasteiger partial charge in [0.05, 0.1) is 5.69 Å². The molecule has 4 heteroatoms. The number of anilines is 1. The predicted molar refractivity (Wildman–Crippen MR) is 71.7 cm³/mol. The standard InChI is InChI=1S/C14H20N2O2/c1-10-9-16(11(2)8-15-10)12-4-3-5-13-14(12)18-7-6-17-13/h3-5,10-11,15H,6-9H2,1-2H3. The Kier molecular flexibility index (Phi) is 3.04. The summed E-state index contributed by atoms with van der Waals surface area (Å²) in [5, 5.41) is 3.50. The Morgan fingerprint density at radius 2 is 2.06 bits per heavy atom. The number of benzene rings is 1. The zero-order valence-corrected chi connectivity index (χ0v) is 11.0. The minimum atomic E-state index is 0.471. The summed E-state index contributed by atoms with van der Waals surface area (Å²) in [4.78, 5) is 2.41. The SMILES string of the molecule is CC1CN(c2cccc3c2OCCO3)C(C)CN1. The first-order valence-corrected chi connectivity index (χ1v) is 6.64. The predicted octanol–water partition coefficient (Wildman–Crippen LogP) is 1.64. The van der Waals surface area contributed by atoms with Crippen molar-refractivity contribution in [2.75, 3.05) is 31.2 Å². The molecule has 2 aliphatic rings. The molecule has 2 aliphatic heterocycles.